The molecule has 142 valence electrons. The summed E-state index contributed by atoms with van der Waals surface area (Å²) in [4.78, 5) is 20.1. The minimum atomic E-state index is -0.207. The SMILES string of the molecule is COc1ccc(OC)c([C@@H](C)NC(=O)CSc2nc3ccc(C)cc3[nH]2)c1. The highest BCUT2D eigenvalue weighted by Crippen LogP contribution is 2.29. The van der Waals surface area contributed by atoms with E-state index in [2.05, 4.69) is 15.3 Å². The molecule has 27 heavy (non-hydrogen) atoms. The van der Waals surface area contributed by atoms with Gasteiger partial charge in [0, 0.05) is 5.56 Å². The fraction of sp³-hybridized carbons (Fsp3) is 0.300. The number of imidazole rings is 1. The van der Waals surface area contributed by atoms with Crippen LogP contribution in [0.3, 0.4) is 0 Å². The van der Waals surface area contributed by atoms with Crippen molar-refractivity contribution >= 4 is 28.7 Å². The van der Waals surface area contributed by atoms with Crippen molar-refractivity contribution in [3.8, 4) is 11.5 Å². The molecule has 3 rings (SSSR count). The summed E-state index contributed by atoms with van der Waals surface area (Å²) in [7, 11) is 3.22. The molecule has 3 aromatic rings. The van der Waals surface area contributed by atoms with E-state index in [1.165, 1.54) is 17.3 Å². The third-order valence-electron chi connectivity index (χ3n) is 4.24. The van der Waals surface area contributed by atoms with Crippen LogP contribution in [0.5, 0.6) is 11.5 Å². The van der Waals surface area contributed by atoms with E-state index < -0.39 is 0 Å². The van der Waals surface area contributed by atoms with Crippen molar-refractivity contribution < 1.29 is 14.3 Å². The maximum absolute atomic E-state index is 12.4. The Balaban J connectivity index is 1.63. The number of aryl methyl sites for hydroxylation is 1. The van der Waals surface area contributed by atoms with E-state index in [-0.39, 0.29) is 17.7 Å². The van der Waals surface area contributed by atoms with E-state index in [1.807, 2.05) is 50.2 Å². The summed E-state index contributed by atoms with van der Waals surface area (Å²) in [6, 6.07) is 11.4. The van der Waals surface area contributed by atoms with Gasteiger partial charge in [0.25, 0.3) is 0 Å². The average Bonchev–Trinajstić information content (AvgIpc) is 3.07. The summed E-state index contributed by atoms with van der Waals surface area (Å²) >= 11 is 1.38. The molecule has 6 nitrogen and oxygen atoms in total. The molecule has 0 saturated heterocycles. The normalized spacial score (nSPS) is 12.0. The topological polar surface area (TPSA) is 76.2 Å². The van der Waals surface area contributed by atoms with Crippen LogP contribution in [-0.4, -0.2) is 35.8 Å². The van der Waals surface area contributed by atoms with Crippen molar-refractivity contribution in [2.75, 3.05) is 20.0 Å². The lowest BCUT2D eigenvalue weighted by Crippen LogP contribution is -2.28. The Morgan fingerprint density at radius 2 is 2.04 bits per heavy atom. The van der Waals surface area contributed by atoms with Crippen LogP contribution in [-0.2, 0) is 4.79 Å². The Kier molecular flexibility index (Phi) is 5.91. The van der Waals surface area contributed by atoms with Crippen molar-refractivity contribution in [3.63, 3.8) is 0 Å². The molecule has 0 spiro atoms. The van der Waals surface area contributed by atoms with Crippen LogP contribution < -0.4 is 14.8 Å². The summed E-state index contributed by atoms with van der Waals surface area (Å²) in [6.07, 6.45) is 0. The zero-order chi connectivity index (χ0) is 19.4. The van der Waals surface area contributed by atoms with Gasteiger partial charge in [0.05, 0.1) is 37.0 Å². The monoisotopic (exact) mass is 385 g/mol. The Morgan fingerprint density at radius 3 is 2.78 bits per heavy atom. The van der Waals surface area contributed by atoms with Gasteiger partial charge in [-0.2, -0.15) is 0 Å². The maximum Gasteiger partial charge on any atom is 0.230 e. The molecular weight excluding hydrogens is 362 g/mol. The minimum Gasteiger partial charge on any atom is -0.497 e. The lowest BCUT2D eigenvalue weighted by molar-refractivity contribution is -0.119. The molecule has 0 unspecified atom stereocenters. The molecule has 2 aromatic carbocycles. The van der Waals surface area contributed by atoms with Crippen molar-refractivity contribution in [3.05, 3.63) is 47.5 Å². The van der Waals surface area contributed by atoms with E-state index >= 15 is 0 Å². The number of H-pyrrole nitrogens is 1. The maximum atomic E-state index is 12.4. The summed E-state index contributed by atoms with van der Waals surface area (Å²) in [5, 5.41) is 3.73. The number of rotatable bonds is 7. The Morgan fingerprint density at radius 1 is 1.22 bits per heavy atom. The molecule has 0 aliphatic heterocycles. The number of carbonyl (C=O) groups is 1. The highest BCUT2D eigenvalue weighted by Gasteiger charge is 2.16. The van der Waals surface area contributed by atoms with E-state index in [0.717, 1.165) is 27.5 Å². The summed E-state index contributed by atoms with van der Waals surface area (Å²) in [5.41, 5.74) is 3.92. The third kappa shape index (κ3) is 4.54. The van der Waals surface area contributed by atoms with Gasteiger partial charge >= 0.3 is 0 Å². The highest BCUT2D eigenvalue weighted by atomic mass is 32.2. The molecule has 0 aliphatic rings. The molecule has 0 saturated carbocycles. The second kappa shape index (κ2) is 8.35. The summed E-state index contributed by atoms with van der Waals surface area (Å²) in [5.74, 6) is 1.63. The molecule has 1 atom stereocenters. The van der Waals surface area contributed by atoms with E-state index in [0.29, 0.717) is 5.75 Å². The Hall–Kier alpha value is -2.67. The number of hydrogen-bond acceptors (Lipinski definition) is 5. The number of fused-ring (bicyclic) bond motifs is 1. The van der Waals surface area contributed by atoms with E-state index in [4.69, 9.17) is 9.47 Å². The molecule has 0 radical (unpaired) electrons. The van der Waals surface area contributed by atoms with Crippen LogP contribution in [0.2, 0.25) is 0 Å². The number of carbonyl (C=O) groups excluding carboxylic acids is 1. The lowest BCUT2D eigenvalue weighted by atomic mass is 10.1. The van der Waals surface area contributed by atoms with Crippen LogP contribution in [0.4, 0.5) is 0 Å². The van der Waals surface area contributed by atoms with Crippen LogP contribution in [0.25, 0.3) is 11.0 Å². The lowest BCUT2D eigenvalue weighted by Gasteiger charge is -2.18. The molecular formula is C20H23N3O3S. The number of ether oxygens (including phenoxy) is 2. The zero-order valence-corrected chi connectivity index (χ0v) is 16.6. The highest BCUT2D eigenvalue weighted by molar-refractivity contribution is 7.99. The van der Waals surface area contributed by atoms with E-state index in [9.17, 15) is 4.79 Å². The first-order chi connectivity index (χ1) is 13.0. The van der Waals surface area contributed by atoms with Gasteiger partial charge in [0.15, 0.2) is 5.16 Å². The van der Waals surface area contributed by atoms with Gasteiger partial charge in [-0.25, -0.2) is 4.98 Å². The van der Waals surface area contributed by atoms with Crippen LogP contribution in [0.1, 0.15) is 24.1 Å². The van der Waals surface area contributed by atoms with Crippen molar-refractivity contribution in [2.45, 2.75) is 25.0 Å². The standard InChI is InChI=1S/C20H23N3O3S/c1-12-5-7-16-17(9-12)23-20(22-16)27-11-19(24)21-13(2)15-10-14(25-3)6-8-18(15)26-4/h5-10,13H,11H2,1-4H3,(H,21,24)(H,22,23)/t13-/m1/s1. The number of amides is 1. The number of thioether (sulfide) groups is 1. The number of aromatic nitrogens is 2. The first-order valence-corrected chi connectivity index (χ1v) is 9.59. The molecule has 1 aromatic heterocycles. The van der Waals surface area contributed by atoms with Gasteiger partial charge in [-0.1, -0.05) is 17.8 Å². The number of hydrogen-bond donors (Lipinski definition) is 2. The molecule has 0 aliphatic carbocycles. The summed E-state index contributed by atoms with van der Waals surface area (Å²) in [6.45, 7) is 3.96. The number of benzene rings is 2. The zero-order valence-electron chi connectivity index (χ0n) is 15.8. The second-order valence-electron chi connectivity index (χ2n) is 6.25. The molecule has 7 heteroatoms. The third-order valence-corrected chi connectivity index (χ3v) is 5.11. The van der Waals surface area contributed by atoms with Gasteiger partial charge in [-0.3, -0.25) is 4.79 Å². The van der Waals surface area contributed by atoms with Gasteiger partial charge in [0.1, 0.15) is 11.5 Å². The van der Waals surface area contributed by atoms with Crippen molar-refractivity contribution in [1.82, 2.24) is 15.3 Å². The van der Waals surface area contributed by atoms with Gasteiger partial charge in [0.2, 0.25) is 5.91 Å². The van der Waals surface area contributed by atoms with E-state index in [1.54, 1.807) is 14.2 Å². The predicted molar refractivity (Wildman–Crippen MR) is 108 cm³/mol. The van der Waals surface area contributed by atoms with Gasteiger partial charge in [-0.05, 0) is 49.7 Å². The fourth-order valence-corrected chi connectivity index (χ4v) is 3.54. The number of nitrogens with zero attached hydrogens (tertiary/aromatic N) is 1. The Bertz CT molecular complexity index is 955. The van der Waals surface area contributed by atoms with Gasteiger partial charge in [-0.15, -0.1) is 0 Å². The molecule has 0 bridgehead atoms. The quantitative estimate of drug-likeness (QED) is 0.604. The molecule has 2 N–H and O–H groups in total. The summed E-state index contributed by atoms with van der Waals surface area (Å²) < 4.78 is 10.7. The predicted octanol–water partition coefficient (Wildman–Crippen LogP) is 3.86. The number of methoxy groups -OCH3 is 2. The van der Waals surface area contributed by atoms with Crippen LogP contribution >= 0.6 is 11.8 Å². The number of aromatic amines is 1. The molecule has 0 fully saturated rings. The van der Waals surface area contributed by atoms with Crippen molar-refractivity contribution in [1.29, 1.82) is 0 Å². The number of nitrogens with one attached hydrogen (secondary N) is 2. The van der Waals surface area contributed by atoms with Crippen molar-refractivity contribution in [2.24, 2.45) is 0 Å². The first-order valence-electron chi connectivity index (χ1n) is 8.60. The van der Waals surface area contributed by atoms with Crippen LogP contribution in [0.15, 0.2) is 41.6 Å². The second-order valence-corrected chi connectivity index (χ2v) is 7.21. The molecule has 1 amide bonds. The van der Waals surface area contributed by atoms with Gasteiger partial charge < -0.3 is 19.8 Å². The Labute approximate surface area is 162 Å². The fourth-order valence-electron chi connectivity index (χ4n) is 2.84. The molecule has 1 heterocycles. The first kappa shape index (κ1) is 19.1. The van der Waals surface area contributed by atoms with Crippen LogP contribution in [0, 0.1) is 6.92 Å². The largest absolute Gasteiger partial charge is 0.497 e. The average molecular weight is 385 g/mol. The smallest absolute Gasteiger partial charge is 0.230 e. The minimum absolute atomic E-state index is 0.0750.